The highest BCUT2D eigenvalue weighted by Gasteiger charge is 2.29. The van der Waals surface area contributed by atoms with Crippen LogP contribution in [0.25, 0.3) is 0 Å². The van der Waals surface area contributed by atoms with E-state index in [1.54, 1.807) is 4.90 Å². The number of aryl methyl sites for hydroxylation is 2. The summed E-state index contributed by atoms with van der Waals surface area (Å²) in [5.74, 6) is -0.398. The van der Waals surface area contributed by atoms with Gasteiger partial charge in [-0.1, -0.05) is 18.2 Å². The molecule has 2 amide bonds. The number of benzene rings is 1. The molecule has 7 heteroatoms. The molecule has 0 saturated carbocycles. The van der Waals surface area contributed by atoms with Gasteiger partial charge in [-0.15, -0.1) is 0 Å². The van der Waals surface area contributed by atoms with Gasteiger partial charge in [0.25, 0.3) is 0 Å². The third-order valence-corrected chi connectivity index (χ3v) is 5.13. The van der Waals surface area contributed by atoms with Gasteiger partial charge in [0.15, 0.2) is 5.75 Å². The lowest BCUT2D eigenvalue weighted by Gasteiger charge is -2.39. The van der Waals surface area contributed by atoms with Crippen molar-refractivity contribution in [3.05, 3.63) is 58.9 Å². The highest BCUT2D eigenvalue weighted by molar-refractivity contribution is 5.92. The number of aromatic nitrogens is 1. The maximum atomic E-state index is 12.5. The molecule has 28 heavy (non-hydrogen) atoms. The van der Waals surface area contributed by atoms with E-state index >= 15 is 0 Å². The Kier molecular flexibility index (Phi) is 5.94. The first kappa shape index (κ1) is 19.8. The van der Waals surface area contributed by atoms with Gasteiger partial charge < -0.3 is 15.4 Å². The van der Waals surface area contributed by atoms with E-state index in [1.807, 2.05) is 6.92 Å². The molecule has 1 aliphatic heterocycles. The van der Waals surface area contributed by atoms with E-state index in [0.717, 1.165) is 19.6 Å². The molecule has 1 aromatic carbocycles. The number of primary amides is 1. The van der Waals surface area contributed by atoms with Crippen LogP contribution in [-0.4, -0.2) is 52.5 Å². The van der Waals surface area contributed by atoms with E-state index < -0.39 is 12.0 Å². The number of nitrogens with zero attached hydrogens (tertiary/aromatic N) is 3. The van der Waals surface area contributed by atoms with E-state index in [2.05, 4.69) is 41.9 Å². The zero-order chi connectivity index (χ0) is 20.3. The number of rotatable bonds is 4. The monoisotopic (exact) mass is 382 g/mol. The number of piperazine rings is 1. The van der Waals surface area contributed by atoms with Gasteiger partial charge in [-0.3, -0.25) is 14.7 Å². The highest BCUT2D eigenvalue weighted by atomic mass is 16.6. The molecular formula is C21H26N4O3. The second-order valence-corrected chi connectivity index (χ2v) is 7.34. The SMILES string of the molecule is Cc1ccc(CN2CCN(C(=O)Oc3cncc(C(N)=O)c3)[C@H](C)C2)cc1C. The number of hydrogen-bond acceptors (Lipinski definition) is 5. The molecule has 1 atom stereocenters. The molecular weight excluding hydrogens is 356 g/mol. The number of hydrogen-bond donors (Lipinski definition) is 1. The average Bonchev–Trinajstić information content (AvgIpc) is 2.65. The predicted octanol–water partition coefficient (Wildman–Crippen LogP) is 2.50. The van der Waals surface area contributed by atoms with Gasteiger partial charge in [0, 0.05) is 38.4 Å². The number of carbonyl (C=O) groups excluding carboxylic acids is 2. The molecule has 0 spiro atoms. The number of nitrogens with two attached hydrogens (primary N) is 1. The number of ether oxygens (including phenoxy) is 1. The standard InChI is InChI=1S/C21H26N4O3/c1-14-4-5-17(8-15(14)2)13-24-6-7-25(16(3)12-24)21(27)28-19-9-18(20(22)26)10-23-11-19/h4-5,8-11,16H,6-7,12-13H2,1-3H3,(H2,22,26)/t16-/m1/s1. The Morgan fingerprint density at radius 1 is 1.18 bits per heavy atom. The van der Waals surface area contributed by atoms with Crippen LogP contribution in [0, 0.1) is 13.8 Å². The van der Waals surface area contributed by atoms with E-state index in [0.29, 0.717) is 6.54 Å². The van der Waals surface area contributed by atoms with Gasteiger partial charge in [-0.2, -0.15) is 0 Å². The minimum Gasteiger partial charge on any atom is -0.409 e. The van der Waals surface area contributed by atoms with Crippen LogP contribution in [0.2, 0.25) is 0 Å². The lowest BCUT2D eigenvalue weighted by atomic mass is 10.1. The third kappa shape index (κ3) is 4.67. The van der Waals surface area contributed by atoms with Crippen molar-refractivity contribution in [1.29, 1.82) is 0 Å². The summed E-state index contributed by atoms with van der Waals surface area (Å²) in [7, 11) is 0. The van der Waals surface area contributed by atoms with Crippen molar-refractivity contribution in [2.24, 2.45) is 5.73 Å². The fourth-order valence-corrected chi connectivity index (χ4v) is 3.38. The lowest BCUT2D eigenvalue weighted by Crippen LogP contribution is -2.54. The van der Waals surface area contributed by atoms with Crippen molar-refractivity contribution in [2.75, 3.05) is 19.6 Å². The summed E-state index contributed by atoms with van der Waals surface area (Å²) in [4.78, 5) is 31.7. The fraction of sp³-hybridized carbons (Fsp3) is 0.381. The van der Waals surface area contributed by atoms with E-state index in [4.69, 9.17) is 10.5 Å². The molecule has 2 N–H and O–H groups in total. The second-order valence-electron chi connectivity index (χ2n) is 7.34. The van der Waals surface area contributed by atoms with Gasteiger partial charge in [0.05, 0.1) is 11.8 Å². The second kappa shape index (κ2) is 8.39. The van der Waals surface area contributed by atoms with Crippen molar-refractivity contribution >= 4 is 12.0 Å². The maximum absolute atomic E-state index is 12.5. The molecule has 7 nitrogen and oxygen atoms in total. The summed E-state index contributed by atoms with van der Waals surface area (Å²) in [6.07, 6.45) is 2.29. The Morgan fingerprint density at radius 3 is 2.64 bits per heavy atom. The number of carbonyl (C=O) groups is 2. The van der Waals surface area contributed by atoms with Gasteiger partial charge in [0.1, 0.15) is 0 Å². The molecule has 0 radical (unpaired) electrons. The summed E-state index contributed by atoms with van der Waals surface area (Å²) in [5.41, 5.74) is 9.31. The smallest absolute Gasteiger partial charge is 0.409 e. The Hall–Kier alpha value is -2.93. The van der Waals surface area contributed by atoms with E-state index in [1.165, 1.54) is 35.2 Å². The van der Waals surface area contributed by atoms with Gasteiger partial charge in [-0.25, -0.2) is 4.79 Å². The predicted molar refractivity (Wildman–Crippen MR) is 106 cm³/mol. The van der Waals surface area contributed by atoms with Gasteiger partial charge in [0.2, 0.25) is 5.91 Å². The molecule has 1 aliphatic rings. The Bertz CT molecular complexity index is 884. The topological polar surface area (TPSA) is 88.8 Å². The van der Waals surface area contributed by atoms with Crippen molar-refractivity contribution < 1.29 is 14.3 Å². The van der Waals surface area contributed by atoms with E-state index in [9.17, 15) is 9.59 Å². The number of amides is 2. The molecule has 2 heterocycles. The van der Waals surface area contributed by atoms with Crippen LogP contribution < -0.4 is 10.5 Å². The lowest BCUT2D eigenvalue weighted by molar-refractivity contribution is 0.0751. The van der Waals surface area contributed by atoms with Crippen LogP contribution in [0.1, 0.15) is 34.0 Å². The van der Waals surface area contributed by atoms with Crippen molar-refractivity contribution in [3.8, 4) is 5.75 Å². The Labute approximate surface area is 165 Å². The zero-order valence-electron chi connectivity index (χ0n) is 16.5. The van der Waals surface area contributed by atoms with Crippen molar-refractivity contribution in [1.82, 2.24) is 14.8 Å². The molecule has 2 aromatic rings. The molecule has 0 bridgehead atoms. The quantitative estimate of drug-likeness (QED) is 0.878. The van der Waals surface area contributed by atoms with E-state index in [-0.39, 0.29) is 17.4 Å². The Morgan fingerprint density at radius 2 is 1.96 bits per heavy atom. The van der Waals surface area contributed by atoms with Crippen molar-refractivity contribution in [2.45, 2.75) is 33.4 Å². The summed E-state index contributed by atoms with van der Waals surface area (Å²) < 4.78 is 5.40. The first-order valence-corrected chi connectivity index (χ1v) is 9.35. The first-order chi connectivity index (χ1) is 13.3. The summed E-state index contributed by atoms with van der Waals surface area (Å²) in [6.45, 7) is 9.21. The summed E-state index contributed by atoms with van der Waals surface area (Å²) in [5, 5.41) is 0. The normalized spacial score (nSPS) is 17.4. The van der Waals surface area contributed by atoms with Gasteiger partial charge in [-0.05, 0) is 43.5 Å². The zero-order valence-corrected chi connectivity index (χ0v) is 16.5. The average molecular weight is 382 g/mol. The summed E-state index contributed by atoms with van der Waals surface area (Å²) >= 11 is 0. The summed E-state index contributed by atoms with van der Waals surface area (Å²) in [6, 6.07) is 7.97. The first-order valence-electron chi connectivity index (χ1n) is 9.35. The molecule has 148 valence electrons. The number of pyridine rings is 1. The Balaban J connectivity index is 1.58. The molecule has 0 unspecified atom stereocenters. The van der Waals surface area contributed by atoms with Crippen LogP contribution in [0.3, 0.4) is 0 Å². The van der Waals surface area contributed by atoms with Crippen LogP contribution in [0.15, 0.2) is 36.7 Å². The van der Waals surface area contributed by atoms with Gasteiger partial charge >= 0.3 is 6.09 Å². The van der Waals surface area contributed by atoms with Crippen molar-refractivity contribution in [3.63, 3.8) is 0 Å². The maximum Gasteiger partial charge on any atom is 0.415 e. The third-order valence-electron chi connectivity index (χ3n) is 5.13. The molecule has 1 fully saturated rings. The molecule has 1 aromatic heterocycles. The molecule has 0 aliphatic carbocycles. The fourth-order valence-electron chi connectivity index (χ4n) is 3.38. The minimum atomic E-state index is -0.612. The molecule has 1 saturated heterocycles. The highest BCUT2D eigenvalue weighted by Crippen LogP contribution is 2.18. The largest absolute Gasteiger partial charge is 0.415 e. The minimum absolute atomic E-state index is 0.0140. The van der Waals surface area contributed by atoms with Crippen LogP contribution >= 0.6 is 0 Å². The van der Waals surface area contributed by atoms with Crippen LogP contribution in [-0.2, 0) is 6.54 Å². The van der Waals surface area contributed by atoms with Crippen LogP contribution in [0.5, 0.6) is 5.75 Å². The molecule has 3 rings (SSSR count). The van der Waals surface area contributed by atoms with Crippen LogP contribution in [0.4, 0.5) is 4.79 Å².